The van der Waals surface area contributed by atoms with Crippen LogP contribution in [0.4, 0.5) is 4.79 Å². The fourth-order valence-corrected chi connectivity index (χ4v) is 2.89. The Morgan fingerprint density at radius 2 is 2.00 bits per heavy atom. The molecular weight excluding hydrogens is 393 g/mol. The van der Waals surface area contributed by atoms with E-state index in [1.807, 2.05) is 6.07 Å². The number of rotatable bonds is 1. The summed E-state index contributed by atoms with van der Waals surface area (Å²) in [6, 6.07) is 3.77. The van der Waals surface area contributed by atoms with E-state index in [-0.39, 0.29) is 16.9 Å². The van der Waals surface area contributed by atoms with Crippen molar-refractivity contribution in [2.24, 2.45) is 5.73 Å². The van der Waals surface area contributed by atoms with Gasteiger partial charge >= 0.3 is 6.03 Å². The van der Waals surface area contributed by atoms with Crippen LogP contribution in [0, 0.1) is 11.3 Å². The summed E-state index contributed by atoms with van der Waals surface area (Å²) in [7, 11) is 0. The normalized spacial score (nSPS) is 21.5. The van der Waals surface area contributed by atoms with Gasteiger partial charge in [0.1, 0.15) is 17.5 Å². The summed E-state index contributed by atoms with van der Waals surface area (Å²) in [6.45, 7) is 3.12. The largest absolute Gasteiger partial charge is 0.485 e. The number of ether oxygens (including phenoxy) is 1. The molecule has 1 aliphatic rings. The van der Waals surface area contributed by atoms with Crippen molar-refractivity contribution in [1.82, 2.24) is 4.90 Å². The number of urea groups is 1. The van der Waals surface area contributed by atoms with Crippen molar-refractivity contribution in [2.45, 2.75) is 35.4 Å². The van der Waals surface area contributed by atoms with Crippen LogP contribution in [0.3, 0.4) is 0 Å². The van der Waals surface area contributed by atoms with E-state index in [9.17, 15) is 14.7 Å². The first-order valence-corrected chi connectivity index (χ1v) is 8.14. The van der Waals surface area contributed by atoms with E-state index in [1.54, 1.807) is 13.8 Å². The van der Waals surface area contributed by atoms with E-state index in [0.29, 0.717) is 4.90 Å². The quantitative estimate of drug-likeness (QED) is 0.695. The summed E-state index contributed by atoms with van der Waals surface area (Å²) in [6.07, 6.45) is -1.39. The third kappa shape index (κ3) is 3.62. The van der Waals surface area contributed by atoms with Crippen LogP contribution >= 0.6 is 34.8 Å². The number of amides is 3. The van der Waals surface area contributed by atoms with Gasteiger partial charge in [-0.05, 0) is 32.0 Å². The maximum absolute atomic E-state index is 12.4. The molecule has 0 saturated carbocycles. The van der Waals surface area contributed by atoms with Gasteiger partial charge in [0.05, 0.1) is 17.7 Å². The highest BCUT2D eigenvalue weighted by Gasteiger charge is 2.51. The molecule has 3 N–H and O–H groups in total. The molecule has 0 saturated heterocycles. The molecular formula is C15H14Cl3N3O4. The van der Waals surface area contributed by atoms with Crippen molar-refractivity contribution in [1.29, 1.82) is 5.26 Å². The lowest BCUT2D eigenvalue weighted by atomic mass is 9.85. The number of carbonyl (C=O) groups is 2. The lowest BCUT2D eigenvalue weighted by Crippen LogP contribution is -2.58. The molecule has 1 aromatic carbocycles. The highest BCUT2D eigenvalue weighted by Crippen LogP contribution is 2.44. The summed E-state index contributed by atoms with van der Waals surface area (Å²) in [5.74, 6) is -0.956. The van der Waals surface area contributed by atoms with Crippen LogP contribution in [0.15, 0.2) is 18.2 Å². The van der Waals surface area contributed by atoms with Gasteiger partial charge in [0.2, 0.25) is 0 Å². The zero-order valence-corrected chi connectivity index (χ0v) is 15.4. The smallest absolute Gasteiger partial charge is 0.322 e. The first-order valence-electron chi connectivity index (χ1n) is 7.01. The topological polar surface area (TPSA) is 117 Å². The summed E-state index contributed by atoms with van der Waals surface area (Å²) < 4.78 is 3.24. The number of primary amides is 1. The third-order valence-electron chi connectivity index (χ3n) is 3.82. The molecule has 1 heterocycles. The molecule has 1 aromatic rings. The Labute approximate surface area is 158 Å². The van der Waals surface area contributed by atoms with E-state index >= 15 is 0 Å². The Morgan fingerprint density at radius 1 is 1.40 bits per heavy atom. The number of halogens is 3. The number of aliphatic hydroxyl groups excluding tert-OH is 1. The van der Waals surface area contributed by atoms with Crippen LogP contribution in [-0.4, -0.2) is 37.4 Å². The van der Waals surface area contributed by atoms with Crippen molar-refractivity contribution in [3.63, 3.8) is 0 Å². The second-order valence-electron chi connectivity index (χ2n) is 5.97. The Bertz CT molecular complexity index is 770. The molecule has 0 radical (unpaired) electrons. The van der Waals surface area contributed by atoms with Crippen molar-refractivity contribution in [2.75, 3.05) is 0 Å². The van der Waals surface area contributed by atoms with Gasteiger partial charge in [-0.2, -0.15) is 5.26 Å². The molecule has 25 heavy (non-hydrogen) atoms. The van der Waals surface area contributed by atoms with E-state index in [2.05, 4.69) is 0 Å². The van der Waals surface area contributed by atoms with Crippen LogP contribution in [0.25, 0.3) is 0 Å². The molecule has 0 bridgehead atoms. The van der Waals surface area contributed by atoms with Gasteiger partial charge in [0, 0.05) is 5.56 Å². The van der Waals surface area contributed by atoms with Crippen molar-refractivity contribution >= 4 is 46.7 Å². The van der Waals surface area contributed by atoms with Crippen molar-refractivity contribution in [3.8, 4) is 11.8 Å². The minimum atomic E-state index is -2.47. The minimum Gasteiger partial charge on any atom is -0.485 e. The standard InChI is InChI=1S/C15H14Cl3N3O4/c1-14(2)11(22)10(21(13(20)24)12(23)15(16,17)18)8-5-7(6-19)3-4-9(8)25-14/h3-5,10-11,22H,1-2H3,(H2,20,24)/t10-,11+/m0/s1. The van der Waals surface area contributed by atoms with Crippen LogP contribution in [0.5, 0.6) is 5.75 Å². The molecule has 2 atom stereocenters. The van der Waals surface area contributed by atoms with E-state index in [0.717, 1.165) is 0 Å². The maximum atomic E-state index is 12.4. The summed E-state index contributed by atoms with van der Waals surface area (Å²) >= 11 is 16.8. The summed E-state index contributed by atoms with van der Waals surface area (Å²) in [4.78, 5) is 24.9. The molecule has 2 rings (SSSR count). The summed E-state index contributed by atoms with van der Waals surface area (Å²) in [5, 5.41) is 19.8. The minimum absolute atomic E-state index is 0.201. The highest BCUT2D eigenvalue weighted by atomic mass is 35.6. The monoisotopic (exact) mass is 405 g/mol. The summed E-state index contributed by atoms with van der Waals surface area (Å²) in [5.41, 5.74) is 4.56. The second-order valence-corrected chi connectivity index (χ2v) is 8.25. The third-order valence-corrected chi connectivity index (χ3v) is 4.30. The Morgan fingerprint density at radius 3 is 2.48 bits per heavy atom. The van der Waals surface area contributed by atoms with Crippen LogP contribution in [-0.2, 0) is 4.79 Å². The van der Waals surface area contributed by atoms with Gasteiger partial charge < -0.3 is 15.6 Å². The van der Waals surface area contributed by atoms with Gasteiger partial charge in [-0.1, -0.05) is 34.8 Å². The first kappa shape index (κ1) is 19.6. The number of nitriles is 1. The zero-order valence-electron chi connectivity index (χ0n) is 13.2. The molecule has 10 heteroatoms. The van der Waals surface area contributed by atoms with Gasteiger partial charge in [-0.25, -0.2) is 4.79 Å². The molecule has 0 aromatic heterocycles. The molecule has 1 aliphatic heterocycles. The van der Waals surface area contributed by atoms with Gasteiger partial charge in [-0.15, -0.1) is 0 Å². The predicted octanol–water partition coefficient (Wildman–Crippen LogP) is 2.41. The molecule has 7 nitrogen and oxygen atoms in total. The predicted molar refractivity (Wildman–Crippen MR) is 91.3 cm³/mol. The number of fused-ring (bicyclic) bond motifs is 1. The maximum Gasteiger partial charge on any atom is 0.322 e. The Balaban J connectivity index is 2.70. The second kappa shape index (κ2) is 6.54. The Hall–Kier alpha value is -1.72. The molecule has 0 spiro atoms. The van der Waals surface area contributed by atoms with Gasteiger partial charge in [0.15, 0.2) is 0 Å². The number of nitrogens with zero attached hydrogens (tertiary/aromatic N) is 2. The van der Waals surface area contributed by atoms with Gasteiger partial charge in [-0.3, -0.25) is 9.69 Å². The van der Waals surface area contributed by atoms with Crippen molar-refractivity contribution in [3.05, 3.63) is 29.3 Å². The molecule has 0 unspecified atom stereocenters. The van der Waals surface area contributed by atoms with Crippen molar-refractivity contribution < 1.29 is 19.4 Å². The molecule has 3 amide bonds. The van der Waals surface area contributed by atoms with E-state index < -0.39 is 33.5 Å². The molecule has 134 valence electrons. The van der Waals surface area contributed by atoms with Crippen LogP contribution in [0.1, 0.15) is 31.0 Å². The van der Waals surface area contributed by atoms with Crippen LogP contribution < -0.4 is 10.5 Å². The lowest BCUT2D eigenvalue weighted by Gasteiger charge is -2.45. The fraction of sp³-hybridized carbons (Fsp3) is 0.400. The number of nitrogens with two attached hydrogens (primary N) is 1. The average Bonchev–Trinajstić information content (AvgIpc) is 2.49. The molecule has 0 aliphatic carbocycles. The number of alkyl halides is 3. The molecule has 0 fully saturated rings. The Kier molecular flexibility index (Phi) is 5.13. The van der Waals surface area contributed by atoms with Gasteiger partial charge in [0.25, 0.3) is 9.70 Å². The number of benzene rings is 1. The fourth-order valence-electron chi connectivity index (χ4n) is 2.62. The number of hydrogen-bond acceptors (Lipinski definition) is 5. The lowest BCUT2D eigenvalue weighted by molar-refractivity contribution is -0.137. The first-order chi connectivity index (χ1) is 11.4. The number of hydrogen-bond donors (Lipinski definition) is 2. The number of imide groups is 1. The highest BCUT2D eigenvalue weighted by molar-refractivity contribution is 6.76. The zero-order chi connectivity index (χ0) is 19.2. The average molecular weight is 407 g/mol. The number of carbonyl (C=O) groups excluding carboxylic acids is 2. The van der Waals surface area contributed by atoms with E-state index in [4.69, 9.17) is 50.5 Å². The number of aliphatic hydroxyl groups is 1. The SMILES string of the molecule is CC1(C)Oc2ccc(C#N)cc2[C@H](N(C(N)=O)C(=O)C(Cl)(Cl)Cl)[C@H]1O. The van der Waals surface area contributed by atoms with Crippen LogP contribution in [0.2, 0.25) is 0 Å². The van der Waals surface area contributed by atoms with E-state index in [1.165, 1.54) is 18.2 Å².